The number of nitrogens with zero attached hydrogens (tertiary/aromatic N) is 2. The van der Waals surface area contributed by atoms with E-state index in [4.69, 9.17) is 16.3 Å². The molecule has 4 rings (SSSR count). The first kappa shape index (κ1) is 23.8. The predicted octanol–water partition coefficient (Wildman–Crippen LogP) is 3.50. The van der Waals surface area contributed by atoms with Crippen molar-refractivity contribution in [3.63, 3.8) is 0 Å². The molecule has 0 aromatic heterocycles. The second-order valence-corrected chi connectivity index (χ2v) is 9.66. The minimum Gasteiger partial charge on any atom is -0.459 e. The molecule has 34 heavy (non-hydrogen) atoms. The Bertz CT molecular complexity index is 1240. The molecule has 1 unspecified atom stereocenters. The Morgan fingerprint density at radius 2 is 1.76 bits per heavy atom. The van der Waals surface area contributed by atoms with E-state index in [0.717, 1.165) is 15.9 Å². The van der Waals surface area contributed by atoms with Crippen LogP contribution in [0.3, 0.4) is 0 Å². The van der Waals surface area contributed by atoms with Gasteiger partial charge in [0.25, 0.3) is 0 Å². The minimum absolute atomic E-state index is 0.175. The average Bonchev–Trinajstić information content (AvgIpc) is 3.11. The Hall–Kier alpha value is -3.33. The smallest absolute Gasteiger partial charge is 0.326 e. The van der Waals surface area contributed by atoms with Gasteiger partial charge >= 0.3 is 5.97 Å². The first-order valence-corrected chi connectivity index (χ1v) is 10.8. The van der Waals surface area contributed by atoms with Crippen molar-refractivity contribution in [3.05, 3.63) is 64.2 Å². The summed E-state index contributed by atoms with van der Waals surface area (Å²) < 4.78 is 33.2. The second kappa shape index (κ2) is 8.16. The molecule has 0 saturated carbocycles. The van der Waals surface area contributed by atoms with Gasteiger partial charge in [0.05, 0.1) is 13.0 Å². The number of esters is 1. The van der Waals surface area contributed by atoms with E-state index in [9.17, 15) is 28.0 Å². The number of halogens is 3. The van der Waals surface area contributed by atoms with Gasteiger partial charge in [-0.3, -0.25) is 29.0 Å². The maximum Gasteiger partial charge on any atom is 0.326 e. The zero-order valence-electron chi connectivity index (χ0n) is 18.7. The van der Waals surface area contributed by atoms with Crippen molar-refractivity contribution in [2.45, 2.75) is 44.8 Å². The molecule has 1 saturated heterocycles. The maximum atomic E-state index is 14.2. The third kappa shape index (κ3) is 3.83. The van der Waals surface area contributed by atoms with Crippen LogP contribution in [0, 0.1) is 11.6 Å². The summed E-state index contributed by atoms with van der Waals surface area (Å²) in [6.45, 7) is 4.00. The zero-order chi connectivity index (χ0) is 25.0. The first-order valence-electron chi connectivity index (χ1n) is 10.5. The molecule has 0 bridgehead atoms. The SMILES string of the molecule is CC(C)(C)OC(=O)CN1C(=O)C2(CC(=O)N(Cc3cccc(F)c3F)C2=O)c2cc(Cl)ccc21. The van der Waals surface area contributed by atoms with Crippen molar-refractivity contribution in [3.8, 4) is 0 Å². The monoisotopic (exact) mass is 490 g/mol. The van der Waals surface area contributed by atoms with E-state index in [1.807, 2.05) is 0 Å². The quantitative estimate of drug-likeness (QED) is 0.372. The Morgan fingerprint density at radius 1 is 1.09 bits per heavy atom. The van der Waals surface area contributed by atoms with Gasteiger partial charge in [0.15, 0.2) is 17.0 Å². The zero-order valence-corrected chi connectivity index (χ0v) is 19.4. The van der Waals surface area contributed by atoms with Gasteiger partial charge in [0.1, 0.15) is 12.1 Å². The number of hydrogen-bond donors (Lipinski definition) is 0. The summed E-state index contributed by atoms with van der Waals surface area (Å²) in [5.41, 5.74) is -2.54. The summed E-state index contributed by atoms with van der Waals surface area (Å²) in [6, 6.07) is 7.81. The third-order valence-corrected chi connectivity index (χ3v) is 5.95. The summed E-state index contributed by atoms with van der Waals surface area (Å²) in [5, 5.41) is 0.222. The van der Waals surface area contributed by atoms with Crippen LogP contribution in [0.5, 0.6) is 0 Å². The predicted molar refractivity (Wildman–Crippen MR) is 118 cm³/mol. The molecule has 1 fully saturated rings. The number of anilines is 1. The van der Waals surface area contributed by atoms with E-state index in [2.05, 4.69) is 0 Å². The lowest BCUT2D eigenvalue weighted by Gasteiger charge is -2.24. The van der Waals surface area contributed by atoms with Crippen LogP contribution in [0.2, 0.25) is 5.02 Å². The summed E-state index contributed by atoms with van der Waals surface area (Å²) in [5.74, 6) is -5.40. The largest absolute Gasteiger partial charge is 0.459 e. The van der Waals surface area contributed by atoms with Gasteiger partial charge in [-0.15, -0.1) is 0 Å². The normalized spacial score (nSPS) is 19.9. The van der Waals surface area contributed by atoms with Crippen molar-refractivity contribution in [1.29, 1.82) is 0 Å². The van der Waals surface area contributed by atoms with Gasteiger partial charge < -0.3 is 4.74 Å². The van der Waals surface area contributed by atoms with Crippen LogP contribution in [-0.4, -0.2) is 40.7 Å². The molecule has 178 valence electrons. The fourth-order valence-electron chi connectivity index (χ4n) is 4.32. The van der Waals surface area contributed by atoms with Gasteiger partial charge in [-0.2, -0.15) is 0 Å². The van der Waals surface area contributed by atoms with Gasteiger partial charge in [-0.25, -0.2) is 8.78 Å². The Morgan fingerprint density at radius 3 is 2.44 bits per heavy atom. The molecule has 2 aliphatic heterocycles. The number of imide groups is 1. The van der Waals surface area contributed by atoms with Crippen molar-refractivity contribution < 1.29 is 32.7 Å². The number of ether oxygens (including phenoxy) is 1. The van der Waals surface area contributed by atoms with Crippen LogP contribution in [0.4, 0.5) is 14.5 Å². The van der Waals surface area contributed by atoms with Crippen molar-refractivity contribution in [1.82, 2.24) is 4.90 Å². The fraction of sp³-hybridized carbons (Fsp3) is 0.333. The number of benzene rings is 2. The number of hydrogen-bond acceptors (Lipinski definition) is 5. The number of fused-ring (bicyclic) bond motifs is 2. The molecule has 2 aliphatic rings. The Labute approximate surface area is 199 Å². The van der Waals surface area contributed by atoms with Crippen molar-refractivity contribution in [2.24, 2.45) is 0 Å². The number of rotatable bonds is 4. The van der Waals surface area contributed by atoms with Crippen molar-refractivity contribution >= 4 is 41.0 Å². The summed E-state index contributed by atoms with van der Waals surface area (Å²) in [4.78, 5) is 54.4. The molecule has 2 aromatic rings. The molecule has 2 aromatic carbocycles. The molecule has 1 atom stereocenters. The lowest BCUT2D eigenvalue weighted by atomic mass is 9.80. The summed E-state index contributed by atoms with van der Waals surface area (Å²) >= 11 is 6.14. The Balaban J connectivity index is 1.73. The van der Waals surface area contributed by atoms with Crippen LogP contribution in [0.25, 0.3) is 0 Å². The lowest BCUT2D eigenvalue weighted by Crippen LogP contribution is -2.48. The highest BCUT2D eigenvalue weighted by Gasteiger charge is 2.64. The van der Waals surface area contributed by atoms with E-state index < -0.39 is 65.9 Å². The van der Waals surface area contributed by atoms with Crippen LogP contribution in [0.1, 0.15) is 38.3 Å². The number of carbonyl (C=O) groups is 4. The third-order valence-electron chi connectivity index (χ3n) is 5.71. The number of carbonyl (C=O) groups excluding carboxylic acids is 4. The average molecular weight is 491 g/mol. The second-order valence-electron chi connectivity index (χ2n) is 9.22. The van der Waals surface area contributed by atoms with E-state index in [0.29, 0.717) is 0 Å². The van der Waals surface area contributed by atoms with E-state index >= 15 is 0 Å². The van der Waals surface area contributed by atoms with Crippen LogP contribution in [0.15, 0.2) is 36.4 Å². The molecule has 0 N–H and O–H groups in total. The lowest BCUT2D eigenvalue weighted by molar-refractivity contribution is -0.154. The maximum absolute atomic E-state index is 14.2. The molecule has 1 spiro atoms. The highest BCUT2D eigenvalue weighted by molar-refractivity contribution is 6.32. The van der Waals surface area contributed by atoms with Gasteiger partial charge in [0.2, 0.25) is 17.7 Å². The van der Waals surface area contributed by atoms with Gasteiger partial charge in [-0.05, 0) is 45.0 Å². The molecular formula is C24H21ClF2N2O5. The highest BCUT2D eigenvalue weighted by Crippen LogP contribution is 2.49. The summed E-state index contributed by atoms with van der Waals surface area (Å²) in [6.07, 6.45) is -0.528. The van der Waals surface area contributed by atoms with E-state index in [1.54, 1.807) is 20.8 Å². The van der Waals surface area contributed by atoms with E-state index in [1.165, 1.54) is 30.3 Å². The summed E-state index contributed by atoms with van der Waals surface area (Å²) in [7, 11) is 0. The molecule has 0 radical (unpaired) electrons. The topological polar surface area (TPSA) is 84.0 Å². The van der Waals surface area contributed by atoms with Crippen molar-refractivity contribution in [2.75, 3.05) is 11.4 Å². The standard InChI is InChI=1S/C24H21ClF2N2O5/c1-23(2,3)34-19(31)12-28-17-8-7-14(25)9-15(17)24(21(28)32)10-18(30)29(22(24)33)11-13-5-4-6-16(26)20(13)27/h4-9H,10-12H2,1-3H3. The highest BCUT2D eigenvalue weighted by atomic mass is 35.5. The van der Waals surface area contributed by atoms with Crippen LogP contribution < -0.4 is 4.90 Å². The molecule has 3 amide bonds. The molecule has 2 heterocycles. The minimum atomic E-state index is -1.96. The van der Waals surface area contributed by atoms with E-state index in [-0.39, 0.29) is 21.8 Å². The Kier molecular flexibility index (Phi) is 5.72. The molecule has 10 heteroatoms. The molecule has 7 nitrogen and oxygen atoms in total. The fourth-order valence-corrected chi connectivity index (χ4v) is 4.49. The van der Waals surface area contributed by atoms with Gasteiger partial charge in [-0.1, -0.05) is 23.7 Å². The molecular weight excluding hydrogens is 470 g/mol. The van der Waals surface area contributed by atoms with Crippen LogP contribution in [-0.2, 0) is 35.9 Å². The number of amides is 3. The number of likely N-dealkylation sites (tertiary alicyclic amines) is 1. The molecule has 0 aliphatic carbocycles. The van der Waals surface area contributed by atoms with Gasteiger partial charge in [0, 0.05) is 21.8 Å². The first-order chi connectivity index (χ1) is 15.8. The van der Waals surface area contributed by atoms with Crippen LogP contribution >= 0.6 is 11.6 Å².